The molecule has 0 spiro atoms. The Balaban J connectivity index is 2.47. The van der Waals surface area contributed by atoms with Crippen molar-refractivity contribution in [2.24, 2.45) is 10.7 Å². The lowest BCUT2D eigenvalue weighted by molar-refractivity contribution is -0.209. The van der Waals surface area contributed by atoms with E-state index in [4.69, 9.17) is 23.4 Å². The van der Waals surface area contributed by atoms with Crippen molar-refractivity contribution < 1.29 is 26.7 Å². The minimum Gasteiger partial charge on any atom is -0.452 e. The van der Waals surface area contributed by atoms with E-state index in [0.29, 0.717) is 5.71 Å². The van der Waals surface area contributed by atoms with Gasteiger partial charge in [0.1, 0.15) is 18.0 Å². The number of nitrogens with zero attached hydrogens (tertiary/aromatic N) is 1. The zero-order valence-electron chi connectivity index (χ0n) is 14.7. The molecule has 0 amide bonds. The fraction of sp³-hybridized carbons (Fsp3) is 0.389. The van der Waals surface area contributed by atoms with E-state index in [1.54, 1.807) is 6.92 Å². The topological polar surface area (TPSA) is 71.5 Å². The average molecular weight is 417 g/mol. The first-order valence-corrected chi connectivity index (χ1v) is 8.41. The fourth-order valence-electron chi connectivity index (χ4n) is 2.67. The van der Waals surface area contributed by atoms with Gasteiger partial charge in [0.2, 0.25) is 0 Å². The maximum atomic E-state index is 14.4. The summed E-state index contributed by atoms with van der Waals surface area (Å²) in [4.78, 5) is 3.93. The van der Waals surface area contributed by atoms with E-state index < -0.39 is 48.3 Å². The van der Waals surface area contributed by atoms with Crippen LogP contribution in [0.5, 0.6) is 0 Å². The molecule has 1 aromatic rings. The Hall–Kier alpha value is -2.54. The molecule has 10 heteroatoms. The van der Waals surface area contributed by atoms with E-state index in [1.165, 1.54) is 6.07 Å². The van der Waals surface area contributed by atoms with Gasteiger partial charge in [-0.1, -0.05) is 24.1 Å². The molecule has 0 saturated heterocycles. The van der Waals surface area contributed by atoms with Gasteiger partial charge < -0.3 is 15.9 Å². The molecule has 0 aromatic heterocycles. The summed E-state index contributed by atoms with van der Waals surface area (Å²) in [7, 11) is 0. The van der Waals surface area contributed by atoms with Gasteiger partial charge in [0.05, 0.1) is 4.86 Å². The van der Waals surface area contributed by atoms with Crippen LogP contribution in [0.1, 0.15) is 30.9 Å². The van der Waals surface area contributed by atoms with Crippen molar-refractivity contribution >= 4 is 28.8 Å². The molecule has 0 unspecified atom stereocenters. The van der Waals surface area contributed by atoms with Crippen LogP contribution in [0.25, 0.3) is 0 Å². The molecule has 2 atom stereocenters. The summed E-state index contributed by atoms with van der Waals surface area (Å²) in [5.74, 6) is 4.31. The number of hydrogen-bond donors (Lipinski definition) is 2. The number of benzene rings is 1. The highest BCUT2D eigenvalue weighted by Gasteiger charge is 2.52. The molecule has 0 saturated carbocycles. The van der Waals surface area contributed by atoms with Gasteiger partial charge in [-0.2, -0.15) is 13.2 Å². The van der Waals surface area contributed by atoms with Crippen molar-refractivity contribution in [2.75, 3.05) is 6.67 Å². The first-order valence-electron chi connectivity index (χ1n) is 8.00. The molecule has 1 aromatic carbocycles. The third-order valence-electron chi connectivity index (χ3n) is 3.94. The monoisotopic (exact) mass is 417 g/mol. The Bertz CT molecular complexity index is 887. The fourth-order valence-corrected chi connectivity index (χ4v) is 2.94. The SMILES string of the molecule is CC(=N)CC(=S)C#Cc1ccc(F)c([C@]2(CF)C[C@@H](C(F)(F)F)OC(N)=N2)c1. The number of hydrogen-bond acceptors (Lipinski definition) is 5. The second-order valence-electron chi connectivity index (χ2n) is 6.29. The Morgan fingerprint density at radius 1 is 1.46 bits per heavy atom. The van der Waals surface area contributed by atoms with Crippen LogP contribution in [0.4, 0.5) is 22.0 Å². The van der Waals surface area contributed by atoms with Crippen LogP contribution in [-0.4, -0.2) is 35.6 Å². The minimum atomic E-state index is -4.83. The van der Waals surface area contributed by atoms with Crippen molar-refractivity contribution in [1.29, 1.82) is 5.41 Å². The molecule has 1 aliphatic heterocycles. The van der Waals surface area contributed by atoms with Gasteiger partial charge in [0.15, 0.2) is 6.10 Å². The van der Waals surface area contributed by atoms with E-state index >= 15 is 0 Å². The van der Waals surface area contributed by atoms with Crippen molar-refractivity contribution in [3.63, 3.8) is 0 Å². The van der Waals surface area contributed by atoms with Crippen LogP contribution in [-0.2, 0) is 10.3 Å². The Morgan fingerprint density at radius 2 is 2.14 bits per heavy atom. The summed E-state index contributed by atoms with van der Waals surface area (Å²) in [6.07, 6.45) is -8.03. The first-order chi connectivity index (χ1) is 13.0. The van der Waals surface area contributed by atoms with Crippen LogP contribution in [0.3, 0.4) is 0 Å². The van der Waals surface area contributed by atoms with Gasteiger partial charge in [-0.05, 0) is 25.1 Å². The lowest BCUT2D eigenvalue weighted by Gasteiger charge is -2.36. The van der Waals surface area contributed by atoms with Gasteiger partial charge in [0.25, 0.3) is 6.02 Å². The van der Waals surface area contributed by atoms with E-state index in [-0.39, 0.29) is 16.8 Å². The second kappa shape index (κ2) is 8.22. The van der Waals surface area contributed by atoms with Gasteiger partial charge in [0, 0.05) is 29.7 Å². The highest BCUT2D eigenvalue weighted by atomic mass is 32.1. The standard InChI is InChI=1S/C18H16F5N3OS/c1-10(24)6-12(28)4-2-11-3-5-14(20)13(7-11)17(9-19)8-15(18(21,22)23)27-16(25)26-17/h3,5,7,15,24H,6,8-9H2,1H3,(H2,25,26)/t15-,17+/m0/s1. The average Bonchev–Trinajstić information content (AvgIpc) is 2.59. The predicted molar refractivity (Wildman–Crippen MR) is 98.7 cm³/mol. The number of halogens is 5. The van der Waals surface area contributed by atoms with E-state index in [9.17, 15) is 22.0 Å². The molecular weight excluding hydrogens is 401 g/mol. The van der Waals surface area contributed by atoms with Gasteiger partial charge in [-0.3, -0.25) is 0 Å². The van der Waals surface area contributed by atoms with Crippen LogP contribution < -0.4 is 5.73 Å². The lowest BCUT2D eigenvalue weighted by Crippen LogP contribution is -2.48. The summed E-state index contributed by atoms with van der Waals surface area (Å²) < 4.78 is 72.1. The summed E-state index contributed by atoms with van der Waals surface area (Å²) in [5.41, 5.74) is 3.24. The number of thiocarbonyl (C=S) groups is 1. The maximum absolute atomic E-state index is 14.4. The normalized spacial score (nSPS) is 21.8. The second-order valence-corrected chi connectivity index (χ2v) is 6.79. The van der Waals surface area contributed by atoms with Crippen molar-refractivity contribution in [1.82, 2.24) is 0 Å². The molecule has 2 rings (SSSR count). The molecule has 1 aliphatic rings. The molecule has 28 heavy (non-hydrogen) atoms. The predicted octanol–water partition coefficient (Wildman–Crippen LogP) is 3.81. The number of nitrogens with two attached hydrogens (primary N) is 1. The van der Waals surface area contributed by atoms with Crippen LogP contribution in [0, 0.1) is 23.1 Å². The van der Waals surface area contributed by atoms with E-state index in [0.717, 1.165) is 12.1 Å². The summed E-state index contributed by atoms with van der Waals surface area (Å²) >= 11 is 5.00. The number of nitrogens with one attached hydrogen (secondary N) is 1. The number of amidine groups is 1. The van der Waals surface area contributed by atoms with Gasteiger partial charge in [-0.25, -0.2) is 13.8 Å². The molecule has 0 bridgehead atoms. The summed E-state index contributed by atoms with van der Waals surface area (Å²) in [6.45, 7) is 0.141. The third-order valence-corrected chi connectivity index (χ3v) is 4.18. The highest BCUT2D eigenvalue weighted by Crippen LogP contribution is 2.41. The molecular formula is C18H16F5N3OS. The minimum absolute atomic E-state index is 0.177. The first kappa shape index (κ1) is 21.8. The van der Waals surface area contributed by atoms with E-state index in [1.807, 2.05) is 0 Å². The summed E-state index contributed by atoms with van der Waals surface area (Å²) in [5, 5.41) is 7.37. The van der Waals surface area contributed by atoms with Crippen molar-refractivity contribution in [2.45, 2.75) is 37.6 Å². The quantitative estimate of drug-likeness (QED) is 0.339. The van der Waals surface area contributed by atoms with Gasteiger partial charge >= 0.3 is 6.18 Å². The smallest absolute Gasteiger partial charge is 0.425 e. The molecule has 3 N–H and O–H groups in total. The number of aliphatic imine (C=N–C) groups is 1. The zero-order chi connectivity index (χ0) is 21.1. The maximum Gasteiger partial charge on any atom is 0.425 e. The molecule has 4 nitrogen and oxygen atoms in total. The summed E-state index contributed by atoms with van der Waals surface area (Å²) in [6, 6.07) is 2.50. The van der Waals surface area contributed by atoms with Crippen LogP contribution in [0.2, 0.25) is 0 Å². The zero-order valence-corrected chi connectivity index (χ0v) is 15.5. The number of alkyl halides is 4. The van der Waals surface area contributed by atoms with Crippen molar-refractivity contribution in [3.8, 4) is 11.8 Å². The molecule has 0 radical (unpaired) electrons. The van der Waals surface area contributed by atoms with Crippen molar-refractivity contribution in [3.05, 3.63) is 35.1 Å². The van der Waals surface area contributed by atoms with Crippen LogP contribution >= 0.6 is 12.2 Å². The number of rotatable bonds is 4. The Kier molecular flexibility index (Phi) is 6.39. The highest BCUT2D eigenvalue weighted by molar-refractivity contribution is 7.81. The van der Waals surface area contributed by atoms with E-state index in [2.05, 4.69) is 21.6 Å². The Morgan fingerprint density at radius 3 is 2.71 bits per heavy atom. The largest absolute Gasteiger partial charge is 0.452 e. The molecule has 150 valence electrons. The molecule has 0 aliphatic carbocycles. The van der Waals surface area contributed by atoms with Gasteiger partial charge in [-0.15, -0.1) is 0 Å². The molecule has 1 heterocycles. The molecule has 0 fully saturated rings. The lowest BCUT2D eigenvalue weighted by atomic mass is 9.84. The third kappa shape index (κ3) is 5.04. The van der Waals surface area contributed by atoms with Crippen LogP contribution in [0.15, 0.2) is 23.2 Å². The Labute approximate surface area is 163 Å². The number of ether oxygens (including phenoxy) is 1.